The first kappa shape index (κ1) is 13.5. The van der Waals surface area contributed by atoms with Crippen LogP contribution in [0.3, 0.4) is 0 Å². The van der Waals surface area contributed by atoms with E-state index in [0.29, 0.717) is 13.0 Å². The molecule has 0 rings (SSSR count). The second-order valence-electron chi connectivity index (χ2n) is 3.37. The maximum Gasteiger partial charge on any atom is 0.0906 e. The molecule has 14 heavy (non-hydrogen) atoms. The van der Waals surface area contributed by atoms with E-state index in [4.69, 9.17) is 4.84 Å². The van der Waals surface area contributed by atoms with Crippen LogP contribution in [-0.2, 0) is 4.84 Å². The van der Waals surface area contributed by atoms with Crippen LogP contribution in [0.4, 0.5) is 4.39 Å². The monoisotopic (exact) mass is 204 g/mol. The van der Waals surface area contributed by atoms with Crippen molar-refractivity contribution < 1.29 is 9.23 Å². The standard InChI is InChI=1S/C10H21FN2O/c1-4-7-12-14-10(2)9-13(3)8-5-6-11/h4,10,12H,1,5-9H2,2-3H3. The molecule has 0 saturated carbocycles. The summed E-state index contributed by atoms with van der Waals surface area (Å²) in [7, 11) is 1.96. The first-order valence-electron chi connectivity index (χ1n) is 4.94. The van der Waals surface area contributed by atoms with Crippen LogP contribution < -0.4 is 5.48 Å². The minimum Gasteiger partial charge on any atom is -0.304 e. The van der Waals surface area contributed by atoms with Gasteiger partial charge in [-0.2, -0.15) is 5.48 Å². The summed E-state index contributed by atoms with van der Waals surface area (Å²) >= 11 is 0. The van der Waals surface area contributed by atoms with Crippen LogP contribution in [0, 0.1) is 0 Å². The van der Waals surface area contributed by atoms with Crippen molar-refractivity contribution in [2.24, 2.45) is 0 Å². The molecule has 0 aliphatic rings. The zero-order chi connectivity index (χ0) is 10.8. The Balaban J connectivity index is 3.39. The molecule has 84 valence electrons. The Hall–Kier alpha value is -0.450. The van der Waals surface area contributed by atoms with Crippen molar-refractivity contribution in [1.29, 1.82) is 0 Å². The summed E-state index contributed by atoms with van der Waals surface area (Å²) in [6.45, 7) is 7.49. The van der Waals surface area contributed by atoms with Gasteiger partial charge in [0.15, 0.2) is 0 Å². The van der Waals surface area contributed by atoms with Crippen molar-refractivity contribution in [2.75, 3.05) is 33.4 Å². The summed E-state index contributed by atoms with van der Waals surface area (Å²) in [5, 5.41) is 0. The van der Waals surface area contributed by atoms with Crippen LogP contribution in [0.2, 0.25) is 0 Å². The van der Waals surface area contributed by atoms with Gasteiger partial charge in [-0.15, -0.1) is 6.58 Å². The van der Waals surface area contributed by atoms with Crippen LogP contribution in [0.1, 0.15) is 13.3 Å². The predicted molar refractivity (Wildman–Crippen MR) is 56.8 cm³/mol. The van der Waals surface area contributed by atoms with Crippen LogP contribution in [0.15, 0.2) is 12.7 Å². The van der Waals surface area contributed by atoms with E-state index in [1.54, 1.807) is 6.08 Å². The van der Waals surface area contributed by atoms with Gasteiger partial charge in [0.1, 0.15) is 0 Å². The van der Waals surface area contributed by atoms with Gasteiger partial charge < -0.3 is 4.90 Å². The minimum atomic E-state index is -0.256. The Morgan fingerprint density at radius 3 is 2.93 bits per heavy atom. The average molecular weight is 204 g/mol. The van der Waals surface area contributed by atoms with Gasteiger partial charge in [-0.3, -0.25) is 9.23 Å². The van der Waals surface area contributed by atoms with Gasteiger partial charge in [0.05, 0.1) is 12.8 Å². The number of likely N-dealkylation sites (N-methyl/N-ethyl adjacent to an activating group) is 1. The van der Waals surface area contributed by atoms with Crippen molar-refractivity contribution in [1.82, 2.24) is 10.4 Å². The summed E-state index contributed by atoms with van der Waals surface area (Å²) in [5.74, 6) is 0. The fourth-order valence-corrected chi connectivity index (χ4v) is 1.15. The number of nitrogens with one attached hydrogen (secondary N) is 1. The molecule has 4 heteroatoms. The summed E-state index contributed by atoms with van der Waals surface area (Å²) < 4.78 is 11.9. The molecular formula is C10H21FN2O. The maximum atomic E-state index is 11.9. The molecular weight excluding hydrogens is 183 g/mol. The SMILES string of the molecule is C=CCNOC(C)CN(C)CCCF. The average Bonchev–Trinajstić information content (AvgIpc) is 2.15. The quantitative estimate of drug-likeness (QED) is 0.349. The summed E-state index contributed by atoms with van der Waals surface area (Å²) in [6.07, 6.45) is 2.42. The zero-order valence-electron chi connectivity index (χ0n) is 9.13. The van der Waals surface area contributed by atoms with Gasteiger partial charge >= 0.3 is 0 Å². The fraction of sp³-hybridized carbons (Fsp3) is 0.800. The Morgan fingerprint density at radius 2 is 2.36 bits per heavy atom. The Morgan fingerprint density at radius 1 is 1.64 bits per heavy atom. The van der Waals surface area contributed by atoms with Crippen molar-refractivity contribution in [3.05, 3.63) is 12.7 Å². The predicted octanol–water partition coefficient (Wildman–Crippen LogP) is 1.37. The third-order valence-corrected chi connectivity index (χ3v) is 1.75. The molecule has 0 radical (unpaired) electrons. The highest BCUT2D eigenvalue weighted by atomic mass is 19.1. The van der Waals surface area contributed by atoms with E-state index in [1.807, 2.05) is 14.0 Å². The molecule has 0 spiro atoms. The van der Waals surface area contributed by atoms with Gasteiger partial charge in [-0.05, 0) is 20.4 Å². The number of rotatable bonds is 9. The molecule has 0 bridgehead atoms. The van der Waals surface area contributed by atoms with E-state index >= 15 is 0 Å². The first-order valence-corrected chi connectivity index (χ1v) is 4.94. The fourth-order valence-electron chi connectivity index (χ4n) is 1.15. The van der Waals surface area contributed by atoms with E-state index in [0.717, 1.165) is 13.1 Å². The summed E-state index contributed by atoms with van der Waals surface area (Å²) in [5.41, 5.74) is 2.78. The first-order chi connectivity index (χ1) is 6.70. The Bertz CT molecular complexity index is 144. The molecule has 3 nitrogen and oxygen atoms in total. The van der Waals surface area contributed by atoms with E-state index in [1.165, 1.54) is 0 Å². The molecule has 1 atom stereocenters. The number of halogens is 1. The van der Waals surface area contributed by atoms with Crippen LogP contribution in [-0.4, -0.2) is 44.4 Å². The third kappa shape index (κ3) is 8.16. The van der Waals surface area contributed by atoms with Crippen molar-refractivity contribution >= 4 is 0 Å². The molecule has 0 aliphatic heterocycles. The van der Waals surface area contributed by atoms with Crippen molar-refractivity contribution in [2.45, 2.75) is 19.4 Å². The lowest BCUT2D eigenvalue weighted by Gasteiger charge is -2.20. The lowest BCUT2D eigenvalue weighted by atomic mass is 10.3. The second kappa shape index (κ2) is 9.12. The molecule has 1 N–H and O–H groups in total. The van der Waals surface area contributed by atoms with Gasteiger partial charge in [0.2, 0.25) is 0 Å². The molecule has 1 unspecified atom stereocenters. The number of hydroxylamine groups is 1. The largest absolute Gasteiger partial charge is 0.304 e. The van der Waals surface area contributed by atoms with E-state index < -0.39 is 0 Å². The van der Waals surface area contributed by atoms with E-state index in [9.17, 15) is 4.39 Å². The number of alkyl halides is 1. The molecule has 0 saturated heterocycles. The van der Waals surface area contributed by atoms with Gasteiger partial charge in [-0.25, -0.2) is 0 Å². The molecule has 0 aromatic carbocycles. The second-order valence-corrected chi connectivity index (χ2v) is 3.37. The normalized spacial score (nSPS) is 13.1. The summed E-state index contributed by atoms with van der Waals surface area (Å²) in [4.78, 5) is 7.33. The Labute approximate surface area is 85.9 Å². The topological polar surface area (TPSA) is 24.5 Å². The lowest BCUT2D eigenvalue weighted by molar-refractivity contribution is -0.0228. The highest BCUT2D eigenvalue weighted by molar-refractivity contribution is 4.66. The highest BCUT2D eigenvalue weighted by Crippen LogP contribution is 1.94. The van der Waals surface area contributed by atoms with Gasteiger partial charge in [-0.1, -0.05) is 6.08 Å². The molecule has 0 fully saturated rings. The molecule has 0 aromatic rings. The van der Waals surface area contributed by atoms with Crippen molar-refractivity contribution in [3.63, 3.8) is 0 Å². The van der Waals surface area contributed by atoms with Gasteiger partial charge in [0, 0.05) is 19.6 Å². The molecule has 0 heterocycles. The van der Waals surface area contributed by atoms with Crippen LogP contribution in [0.5, 0.6) is 0 Å². The maximum absolute atomic E-state index is 11.9. The van der Waals surface area contributed by atoms with Crippen LogP contribution >= 0.6 is 0 Å². The molecule has 0 aliphatic carbocycles. The van der Waals surface area contributed by atoms with Crippen molar-refractivity contribution in [3.8, 4) is 0 Å². The third-order valence-electron chi connectivity index (χ3n) is 1.75. The lowest BCUT2D eigenvalue weighted by Crippen LogP contribution is -2.33. The minimum absolute atomic E-state index is 0.0968. The Kier molecular flexibility index (Phi) is 8.83. The smallest absolute Gasteiger partial charge is 0.0906 e. The highest BCUT2D eigenvalue weighted by Gasteiger charge is 2.05. The van der Waals surface area contributed by atoms with Crippen LogP contribution in [0.25, 0.3) is 0 Å². The van der Waals surface area contributed by atoms with E-state index in [-0.39, 0.29) is 12.8 Å². The molecule has 0 aromatic heterocycles. The number of hydrogen-bond donors (Lipinski definition) is 1. The number of hydrogen-bond acceptors (Lipinski definition) is 3. The number of nitrogens with zero attached hydrogens (tertiary/aromatic N) is 1. The zero-order valence-corrected chi connectivity index (χ0v) is 9.13. The molecule has 0 amide bonds. The van der Waals surface area contributed by atoms with Gasteiger partial charge in [0.25, 0.3) is 0 Å². The summed E-state index contributed by atoms with van der Waals surface area (Å²) in [6, 6.07) is 0. The van der Waals surface area contributed by atoms with E-state index in [2.05, 4.69) is 17.0 Å².